The SMILES string of the molecule is COc1ccccc1C=NOCc1nc2c3c(C)c(C)n(CC(C)C)c3ncn2n1. The zero-order chi connectivity index (χ0) is 21.3. The van der Waals surface area contributed by atoms with Crippen LogP contribution in [0.3, 0.4) is 0 Å². The number of rotatable bonds is 7. The van der Waals surface area contributed by atoms with Crippen molar-refractivity contribution in [2.75, 3.05) is 7.11 Å². The minimum Gasteiger partial charge on any atom is -0.496 e. The number of aromatic nitrogens is 5. The van der Waals surface area contributed by atoms with Gasteiger partial charge in [0.2, 0.25) is 0 Å². The van der Waals surface area contributed by atoms with Crippen LogP contribution in [0.25, 0.3) is 16.7 Å². The molecule has 0 radical (unpaired) electrons. The number of oxime groups is 1. The first kappa shape index (κ1) is 19.9. The fraction of sp³-hybridized carbons (Fsp3) is 0.364. The Morgan fingerprint density at radius 3 is 2.73 bits per heavy atom. The van der Waals surface area contributed by atoms with Gasteiger partial charge >= 0.3 is 0 Å². The first-order chi connectivity index (χ1) is 14.5. The Labute approximate surface area is 175 Å². The summed E-state index contributed by atoms with van der Waals surface area (Å²) in [6.07, 6.45) is 3.33. The van der Waals surface area contributed by atoms with E-state index in [0.29, 0.717) is 11.7 Å². The van der Waals surface area contributed by atoms with Crippen LogP contribution in [-0.2, 0) is 18.0 Å². The fourth-order valence-corrected chi connectivity index (χ4v) is 3.59. The van der Waals surface area contributed by atoms with E-state index in [1.807, 2.05) is 24.3 Å². The van der Waals surface area contributed by atoms with Gasteiger partial charge in [-0.1, -0.05) is 31.1 Å². The zero-order valence-electron chi connectivity index (χ0n) is 18.0. The van der Waals surface area contributed by atoms with E-state index in [-0.39, 0.29) is 6.61 Å². The number of benzene rings is 1. The molecule has 0 aliphatic rings. The van der Waals surface area contributed by atoms with Gasteiger partial charge in [-0.15, -0.1) is 5.10 Å². The monoisotopic (exact) mass is 406 g/mol. The van der Waals surface area contributed by atoms with Gasteiger partial charge in [0, 0.05) is 17.8 Å². The highest BCUT2D eigenvalue weighted by Crippen LogP contribution is 2.27. The molecule has 3 heterocycles. The van der Waals surface area contributed by atoms with Crippen molar-refractivity contribution in [2.24, 2.45) is 11.1 Å². The van der Waals surface area contributed by atoms with E-state index in [9.17, 15) is 0 Å². The van der Waals surface area contributed by atoms with Crippen molar-refractivity contribution in [1.82, 2.24) is 24.1 Å². The summed E-state index contributed by atoms with van der Waals surface area (Å²) in [7, 11) is 1.63. The molecule has 3 aromatic heterocycles. The zero-order valence-corrected chi connectivity index (χ0v) is 18.0. The van der Waals surface area contributed by atoms with Gasteiger partial charge in [0.25, 0.3) is 0 Å². The largest absolute Gasteiger partial charge is 0.496 e. The van der Waals surface area contributed by atoms with Crippen LogP contribution in [0.5, 0.6) is 5.75 Å². The summed E-state index contributed by atoms with van der Waals surface area (Å²) in [4.78, 5) is 14.8. The van der Waals surface area contributed by atoms with Crippen molar-refractivity contribution >= 4 is 22.9 Å². The molecule has 30 heavy (non-hydrogen) atoms. The molecule has 0 fully saturated rings. The predicted octanol–water partition coefficient (Wildman–Crippen LogP) is 3.91. The Kier molecular flexibility index (Phi) is 5.39. The van der Waals surface area contributed by atoms with Crippen molar-refractivity contribution in [3.63, 3.8) is 0 Å². The van der Waals surface area contributed by atoms with E-state index in [1.54, 1.807) is 24.2 Å². The Morgan fingerprint density at radius 2 is 1.97 bits per heavy atom. The summed E-state index contributed by atoms with van der Waals surface area (Å²) in [5.74, 6) is 1.82. The topological polar surface area (TPSA) is 78.8 Å². The second-order valence-electron chi connectivity index (χ2n) is 7.70. The van der Waals surface area contributed by atoms with Crippen molar-refractivity contribution in [1.29, 1.82) is 0 Å². The van der Waals surface area contributed by atoms with E-state index >= 15 is 0 Å². The summed E-state index contributed by atoms with van der Waals surface area (Å²) >= 11 is 0. The first-order valence-corrected chi connectivity index (χ1v) is 9.97. The molecule has 8 heteroatoms. The van der Waals surface area contributed by atoms with Crippen LogP contribution in [0.1, 0.15) is 36.5 Å². The van der Waals surface area contributed by atoms with Crippen LogP contribution < -0.4 is 4.74 Å². The molecule has 0 spiro atoms. The van der Waals surface area contributed by atoms with Crippen molar-refractivity contribution in [3.05, 3.63) is 53.2 Å². The van der Waals surface area contributed by atoms with Crippen LogP contribution in [0.15, 0.2) is 35.7 Å². The van der Waals surface area contributed by atoms with E-state index in [2.05, 4.69) is 52.5 Å². The third kappa shape index (κ3) is 3.60. The highest BCUT2D eigenvalue weighted by molar-refractivity contribution is 5.93. The second kappa shape index (κ2) is 8.14. The summed E-state index contributed by atoms with van der Waals surface area (Å²) in [5.41, 5.74) is 4.96. The Balaban J connectivity index is 1.59. The van der Waals surface area contributed by atoms with Crippen molar-refractivity contribution in [3.8, 4) is 5.75 Å². The second-order valence-corrected chi connectivity index (χ2v) is 7.70. The molecular formula is C22H26N6O2. The summed E-state index contributed by atoms with van der Waals surface area (Å²) < 4.78 is 9.27. The molecule has 0 saturated carbocycles. The van der Waals surface area contributed by atoms with Crippen molar-refractivity contribution < 1.29 is 9.57 Å². The molecule has 4 rings (SSSR count). The van der Waals surface area contributed by atoms with Crippen LogP contribution in [0, 0.1) is 19.8 Å². The summed E-state index contributed by atoms with van der Waals surface area (Å²) in [6, 6.07) is 7.61. The van der Waals surface area contributed by atoms with E-state index < -0.39 is 0 Å². The maximum atomic E-state index is 5.43. The minimum absolute atomic E-state index is 0.166. The van der Waals surface area contributed by atoms with Gasteiger partial charge in [0.1, 0.15) is 17.7 Å². The van der Waals surface area contributed by atoms with Gasteiger partial charge in [0.05, 0.1) is 18.7 Å². The molecule has 0 saturated heterocycles. The number of para-hydroxylation sites is 1. The molecule has 0 amide bonds. The lowest BCUT2D eigenvalue weighted by Crippen LogP contribution is -2.07. The fourth-order valence-electron chi connectivity index (χ4n) is 3.59. The third-order valence-electron chi connectivity index (χ3n) is 5.14. The summed E-state index contributed by atoms with van der Waals surface area (Å²) in [6.45, 7) is 9.73. The van der Waals surface area contributed by atoms with Crippen LogP contribution >= 0.6 is 0 Å². The van der Waals surface area contributed by atoms with Gasteiger partial charge in [-0.3, -0.25) is 0 Å². The Hall–Kier alpha value is -3.42. The number of ether oxygens (including phenoxy) is 1. The molecule has 1 aromatic carbocycles. The average Bonchev–Trinajstić information content (AvgIpc) is 3.25. The minimum atomic E-state index is 0.166. The van der Waals surface area contributed by atoms with Crippen LogP contribution in [0.4, 0.5) is 0 Å². The number of aryl methyl sites for hydroxylation is 1. The van der Waals surface area contributed by atoms with Gasteiger partial charge in [0.15, 0.2) is 18.1 Å². The van der Waals surface area contributed by atoms with Gasteiger partial charge in [-0.2, -0.15) is 0 Å². The highest BCUT2D eigenvalue weighted by Gasteiger charge is 2.18. The Morgan fingerprint density at radius 1 is 1.17 bits per heavy atom. The smallest absolute Gasteiger partial charge is 0.192 e. The standard InChI is InChI=1S/C22H26N6O2/c1-14(2)11-27-16(4)15(3)20-21(27)23-13-28-22(20)25-19(26-28)12-30-24-10-17-8-6-7-9-18(17)29-5/h6-10,13-14H,11-12H2,1-5H3. The molecule has 0 bridgehead atoms. The maximum absolute atomic E-state index is 5.43. The first-order valence-electron chi connectivity index (χ1n) is 9.97. The average molecular weight is 406 g/mol. The van der Waals surface area contributed by atoms with Gasteiger partial charge in [-0.05, 0) is 37.5 Å². The molecule has 8 nitrogen and oxygen atoms in total. The molecule has 0 aliphatic carbocycles. The predicted molar refractivity (Wildman–Crippen MR) is 116 cm³/mol. The molecule has 0 N–H and O–H groups in total. The van der Waals surface area contributed by atoms with E-state index in [4.69, 9.17) is 9.57 Å². The maximum Gasteiger partial charge on any atom is 0.192 e. The lowest BCUT2D eigenvalue weighted by atomic mass is 10.2. The number of hydrogen-bond donors (Lipinski definition) is 0. The number of nitrogens with zero attached hydrogens (tertiary/aromatic N) is 6. The van der Waals surface area contributed by atoms with E-state index in [0.717, 1.165) is 34.5 Å². The number of hydrogen-bond acceptors (Lipinski definition) is 6. The molecule has 0 atom stereocenters. The van der Waals surface area contributed by atoms with Crippen molar-refractivity contribution in [2.45, 2.75) is 40.8 Å². The van der Waals surface area contributed by atoms with Crippen LogP contribution in [0.2, 0.25) is 0 Å². The highest BCUT2D eigenvalue weighted by atomic mass is 16.6. The summed E-state index contributed by atoms with van der Waals surface area (Å²) in [5, 5.41) is 9.56. The van der Waals surface area contributed by atoms with Gasteiger partial charge in [-0.25, -0.2) is 14.5 Å². The van der Waals surface area contributed by atoms with E-state index in [1.165, 1.54) is 11.3 Å². The molecule has 0 aliphatic heterocycles. The Bertz CT molecular complexity index is 1220. The number of methoxy groups -OCH3 is 1. The van der Waals surface area contributed by atoms with Gasteiger partial charge < -0.3 is 14.1 Å². The molecule has 4 aromatic rings. The molecule has 156 valence electrons. The molecule has 0 unspecified atom stereocenters. The number of fused-ring (bicyclic) bond motifs is 3. The third-order valence-corrected chi connectivity index (χ3v) is 5.14. The van der Waals surface area contributed by atoms with Crippen LogP contribution in [-0.4, -0.2) is 37.5 Å². The lowest BCUT2D eigenvalue weighted by Gasteiger charge is -2.10. The molecular weight excluding hydrogens is 380 g/mol. The normalized spacial score (nSPS) is 11.9. The lowest BCUT2D eigenvalue weighted by molar-refractivity contribution is 0.126. The quantitative estimate of drug-likeness (QED) is 0.343.